The quantitative estimate of drug-likeness (QED) is 0.468. The van der Waals surface area contributed by atoms with Gasteiger partial charge in [-0.2, -0.15) is 0 Å². The van der Waals surface area contributed by atoms with Crippen molar-refractivity contribution < 1.29 is 9.59 Å². The monoisotopic (exact) mass is 469 g/mol. The summed E-state index contributed by atoms with van der Waals surface area (Å²) in [6.07, 6.45) is 8.19. The Morgan fingerprint density at radius 3 is 2.31 bits per heavy atom. The van der Waals surface area contributed by atoms with Crippen LogP contribution in [0.5, 0.6) is 0 Å². The van der Waals surface area contributed by atoms with Gasteiger partial charge in [-0.15, -0.1) is 0 Å². The predicted octanol–water partition coefficient (Wildman–Crippen LogP) is 3.91. The van der Waals surface area contributed by atoms with Gasteiger partial charge in [-0.1, -0.05) is 42.5 Å². The summed E-state index contributed by atoms with van der Waals surface area (Å²) in [6, 6.07) is 19.7. The maximum atomic E-state index is 13.8. The zero-order chi connectivity index (χ0) is 24.1. The normalized spacial score (nSPS) is 17.9. The number of piperidine rings is 1. The molecule has 2 aliphatic rings. The molecule has 1 spiro atoms. The van der Waals surface area contributed by atoms with Gasteiger partial charge in [0.25, 0.3) is 5.91 Å². The summed E-state index contributed by atoms with van der Waals surface area (Å²) in [5.74, 6) is -0.0397. The van der Waals surface area contributed by atoms with Crippen molar-refractivity contribution in [1.82, 2.24) is 24.7 Å². The highest BCUT2D eigenvalue weighted by Crippen LogP contribution is 2.39. The number of carbonyl (C=O) groups excluding carboxylic acids is 2. The lowest BCUT2D eigenvalue weighted by Crippen LogP contribution is -2.56. The molecule has 0 N–H and O–H groups in total. The van der Waals surface area contributed by atoms with Gasteiger partial charge in [0.05, 0.1) is 5.69 Å². The van der Waals surface area contributed by atoms with E-state index in [2.05, 4.69) is 14.9 Å². The van der Waals surface area contributed by atoms with E-state index in [4.69, 9.17) is 0 Å². The largest absolute Gasteiger partial charge is 0.327 e. The van der Waals surface area contributed by atoms with Crippen LogP contribution >= 0.6 is 0 Å². The number of hydrogen-bond donors (Lipinski definition) is 0. The number of imide groups is 1. The van der Waals surface area contributed by atoms with E-state index in [1.165, 1.54) is 4.90 Å². The molecule has 0 aliphatic carbocycles. The third kappa shape index (κ3) is 4.95. The molecule has 2 aromatic heterocycles. The van der Waals surface area contributed by atoms with E-state index in [0.29, 0.717) is 25.9 Å². The summed E-state index contributed by atoms with van der Waals surface area (Å²) >= 11 is 0. The number of aromatic nitrogens is 2. The standard InChI is InChI=1S/C28H31N5O2/c34-26-28(13-18-31(19-14-28)22-25-12-4-5-16-30-25)33(21-24-8-2-1-3-9-24)27(35)32(26)17-7-11-23-10-6-15-29-20-23/h1-6,8-10,12,15-16,20H,7,11,13-14,17-19,21-22H2. The van der Waals surface area contributed by atoms with E-state index in [9.17, 15) is 9.59 Å². The molecule has 0 atom stereocenters. The first-order valence-corrected chi connectivity index (χ1v) is 12.3. The molecule has 35 heavy (non-hydrogen) atoms. The molecule has 5 rings (SSSR count). The van der Waals surface area contributed by atoms with Gasteiger partial charge in [-0.3, -0.25) is 24.6 Å². The first kappa shape index (κ1) is 23.2. The Kier molecular flexibility index (Phi) is 6.86. The zero-order valence-electron chi connectivity index (χ0n) is 19.9. The van der Waals surface area contributed by atoms with Crippen molar-refractivity contribution in [2.45, 2.75) is 44.3 Å². The van der Waals surface area contributed by atoms with Crippen molar-refractivity contribution in [1.29, 1.82) is 0 Å². The third-order valence-corrected chi connectivity index (χ3v) is 7.17. The second-order valence-electron chi connectivity index (χ2n) is 9.40. The number of pyridine rings is 2. The number of likely N-dealkylation sites (tertiary alicyclic amines) is 1. The molecule has 4 heterocycles. The molecule has 0 saturated carbocycles. The van der Waals surface area contributed by atoms with Crippen LogP contribution in [0, 0.1) is 0 Å². The highest BCUT2D eigenvalue weighted by molar-refractivity contribution is 6.07. The van der Waals surface area contributed by atoms with E-state index in [-0.39, 0.29) is 11.9 Å². The van der Waals surface area contributed by atoms with Crippen LogP contribution in [0.15, 0.2) is 79.3 Å². The maximum Gasteiger partial charge on any atom is 0.327 e. The Hall–Kier alpha value is -3.58. The molecule has 2 aliphatic heterocycles. The molecule has 2 fully saturated rings. The topological polar surface area (TPSA) is 69.6 Å². The van der Waals surface area contributed by atoms with Crippen LogP contribution in [0.25, 0.3) is 0 Å². The number of nitrogens with zero attached hydrogens (tertiary/aromatic N) is 5. The van der Waals surface area contributed by atoms with Gasteiger partial charge in [0.1, 0.15) is 5.54 Å². The van der Waals surface area contributed by atoms with Crippen LogP contribution in [0.2, 0.25) is 0 Å². The van der Waals surface area contributed by atoms with Crippen LogP contribution in [-0.4, -0.2) is 61.8 Å². The number of urea groups is 1. The molecule has 180 valence electrons. The first-order chi connectivity index (χ1) is 17.2. The molecule has 3 aromatic rings. The van der Waals surface area contributed by atoms with Crippen molar-refractivity contribution in [2.75, 3.05) is 19.6 Å². The van der Waals surface area contributed by atoms with Gasteiger partial charge in [-0.25, -0.2) is 4.79 Å². The first-order valence-electron chi connectivity index (χ1n) is 12.3. The van der Waals surface area contributed by atoms with Gasteiger partial charge in [0.15, 0.2) is 0 Å². The van der Waals surface area contributed by atoms with Gasteiger partial charge in [0, 0.05) is 51.3 Å². The van der Waals surface area contributed by atoms with Crippen LogP contribution in [0.4, 0.5) is 4.79 Å². The Morgan fingerprint density at radius 1 is 0.829 bits per heavy atom. The van der Waals surface area contributed by atoms with Crippen LogP contribution in [0.3, 0.4) is 0 Å². The molecule has 7 nitrogen and oxygen atoms in total. The van der Waals surface area contributed by atoms with Gasteiger partial charge >= 0.3 is 6.03 Å². The Morgan fingerprint density at radius 2 is 1.60 bits per heavy atom. The Balaban J connectivity index is 1.31. The van der Waals surface area contributed by atoms with Crippen LogP contribution < -0.4 is 0 Å². The minimum Gasteiger partial charge on any atom is -0.305 e. The van der Waals surface area contributed by atoms with Gasteiger partial charge in [-0.05, 0) is 55.0 Å². The van der Waals surface area contributed by atoms with Crippen molar-refractivity contribution >= 4 is 11.9 Å². The minimum atomic E-state index is -0.776. The van der Waals surface area contributed by atoms with E-state index >= 15 is 0 Å². The average molecular weight is 470 g/mol. The predicted molar refractivity (Wildman–Crippen MR) is 133 cm³/mol. The fourth-order valence-corrected chi connectivity index (χ4v) is 5.24. The second kappa shape index (κ2) is 10.4. The van der Waals surface area contributed by atoms with E-state index in [1.807, 2.05) is 78.0 Å². The lowest BCUT2D eigenvalue weighted by atomic mass is 9.85. The molecular formula is C28H31N5O2. The number of carbonyl (C=O) groups is 2. The summed E-state index contributed by atoms with van der Waals surface area (Å²) in [4.78, 5) is 41.7. The molecule has 2 saturated heterocycles. The van der Waals surface area contributed by atoms with Crippen molar-refractivity contribution in [3.63, 3.8) is 0 Å². The molecule has 7 heteroatoms. The van der Waals surface area contributed by atoms with Gasteiger partial charge in [0.2, 0.25) is 0 Å². The molecule has 1 aromatic carbocycles. The van der Waals surface area contributed by atoms with Gasteiger partial charge < -0.3 is 4.90 Å². The number of aryl methyl sites for hydroxylation is 1. The SMILES string of the molecule is O=C1N(CCCc2cccnc2)C(=O)C2(CCN(Cc3ccccn3)CC2)N1Cc1ccccc1. The summed E-state index contributed by atoms with van der Waals surface area (Å²) in [7, 11) is 0. The van der Waals surface area contributed by atoms with E-state index < -0.39 is 5.54 Å². The smallest absolute Gasteiger partial charge is 0.305 e. The van der Waals surface area contributed by atoms with Crippen molar-refractivity contribution in [3.8, 4) is 0 Å². The molecule has 0 unspecified atom stereocenters. The van der Waals surface area contributed by atoms with Crippen LogP contribution in [-0.2, 0) is 24.3 Å². The fraction of sp³-hybridized carbons (Fsp3) is 0.357. The highest BCUT2D eigenvalue weighted by Gasteiger charge is 2.57. The molecule has 0 bridgehead atoms. The lowest BCUT2D eigenvalue weighted by molar-refractivity contribution is -0.136. The average Bonchev–Trinajstić information content (AvgIpc) is 3.08. The van der Waals surface area contributed by atoms with E-state index in [1.54, 1.807) is 6.20 Å². The number of rotatable bonds is 8. The fourth-order valence-electron chi connectivity index (χ4n) is 5.24. The van der Waals surface area contributed by atoms with Crippen molar-refractivity contribution in [3.05, 3.63) is 96.1 Å². The molecule has 3 amide bonds. The molecular weight excluding hydrogens is 438 g/mol. The second-order valence-corrected chi connectivity index (χ2v) is 9.40. The minimum absolute atomic E-state index is 0.0397. The number of amides is 3. The molecule has 0 radical (unpaired) electrons. The lowest BCUT2D eigenvalue weighted by Gasteiger charge is -2.42. The number of hydrogen-bond acceptors (Lipinski definition) is 5. The van der Waals surface area contributed by atoms with Crippen molar-refractivity contribution in [2.24, 2.45) is 0 Å². The summed E-state index contributed by atoms with van der Waals surface area (Å²) < 4.78 is 0. The highest BCUT2D eigenvalue weighted by atomic mass is 16.2. The summed E-state index contributed by atoms with van der Waals surface area (Å²) in [6.45, 7) is 3.14. The summed E-state index contributed by atoms with van der Waals surface area (Å²) in [5, 5.41) is 0. The Bertz CT molecular complexity index is 1130. The zero-order valence-corrected chi connectivity index (χ0v) is 19.9. The third-order valence-electron chi connectivity index (χ3n) is 7.17. The maximum absolute atomic E-state index is 13.8. The van der Waals surface area contributed by atoms with E-state index in [0.717, 1.165) is 49.3 Å². The summed E-state index contributed by atoms with van der Waals surface area (Å²) in [5.41, 5.74) is 2.41. The van der Waals surface area contributed by atoms with Crippen LogP contribution in [0.1, 0.15) is 36.1 Å². The number of benzene rings is 1. The Labute approximate surface area is 206 Å².